The van der Waals surface area contributed by atoms with Gasteiger partial charge in [-0.25, -0.2) is 0 Å². The monoisotopic (exact) mass is 357 g/mol. The van der Waals surface area contributed by atoms with Gasteiger partial charge in [0.2, 0.25) is 0 Å². The molecule has 0 aliphatic carbocycles. The Morgan fingerprint density at radius 2 is 1.62 bits per heavy atom. The van der Waals surface area contributed by atoms with E-state index in [2.05, 4.69) is 5.32 Å². The molecule has 0 fully saturated rings. The van der Waals surface area contributed by atoms with Crippen molar-refractivity contribution in [3.05, 3.63) is 53.1 Å². The maximum atomic E-state index is 12.5. The van der Waals surface area contributed by atoms with Gasteiger partial charge in [0.05, 0.1) is 20.3 Å². The van der Waals surface area contributed by atoms with Gasteiger partial charge in [0.25, 0.3) is 5.91 Å². The molecular weight excluding hydrogens is 330 g/mol. The highest BCUT2D eigenvalue weighted by molar-refractivity contribution is 5.81. The van der Waals surface area contributed by atoms with Crippen LogP contribution in [0.5, 0.6) is 17.2 Å². The second-order valence-corrected chi connectivity index (χ2v) is 6.34. The molecule has 0 unspecified atom stereocenters. The highest BCUT2D eigenvalue weighted by atomic mass is 16.5. The second kappa shape index (κ2) is 8.61. The average molecular weight is 357 g/mol. The van der Waals surface area contributed by atoms with Gasteiger partial charge in [-0.1, -0.05) is 6.07 Å². The smallest absolute Gasteiger partial charge is 0.261 e. The van der Waals surface area contributed by atoms with Crippen LogP contribution in [0.4, 0.5) is 0 Å². The van der Waals surface area contributed by atoms with Crippen molar-refractivity contribution >= 4 is 5.91 Å². The molecule has 0 aromatic heterocycles. The second-order valence-electron chi connectivity index (χ2n) is 6.34. The fourth-order valence-corrected chi connectivity index (χ4v) is 2.63. The quantitative estimate of drug-likeness (QED) is 0.815. The van der Waals surface area contributed by atoms with Crippen molar-refractivity contribution in [3.63, 3.8) is 0 Å². The molecule has 2 rings (SSSR count). The Labute approximate surface area is 155 Å². The lowest BCUT2D eigenvalue weighted by atomic mass is 10.1. The van der Waals surface area contributed by atoms with E-state index in [4.69, 9.17) is 14.2 Å². The number of rotatable bonds is 7. The molecule has 140 valence electrons. The number of benzene rings is 2. The number of carbonyl (C=O) groups excluding carboxylic acids is 1. The molecule has 5 nitrogen and oxygen atoms in total. The predicted octanol–water partition coefficient (Wildman–Crippen LogP) is 3.97. The average Bonchev–Trinajstić information content (AvgIpc) is 2.63. The molecule has 0 aliphatic heterocycles. The Morgan fingerprint density at radius 3 is 2.23 bits per heavy atom. The fourth-order valence-electron chi connectivity index (χ4n) is 2.63. The van der Waals surface area contributed by atoms with Crippen LogP contribution in [0, 0.1) is 13.8 Å². The molecule has 0 saturated carbocycles. The first kappa shape index (κ1) is 19.6. The van der Waals surface area contributed by atoms with E-state index in [1.165, 1.54) is 5.56 Å². The molecule has 1 amide bonds. The van der Waals surface area contributed by atoms with Gasteiger partial charge in [0, 0.05) is 5.56 Å². The van der Waals surface area contributed by atoms with Gasteiger partial charge >= 0.3 is 0 Å². The van der Waals surface area contributed by atoms with Gasteiger partial charge in [0.1, 0.15) is 17.2 Å². The molecule has 26 heavy (non-hydrogen) atoms. The largest absolute Gasteiger partial charge is 0.497 e. The predicted molar refractivity (Wildman–Crippen MR) is 102 cm³/mol. The third-order valence-electron chi connectivity index (χ3n) is 4.42. The molecule has 0 aliphatic rings. The summed E-state index contributed by atoms with van der Waals surface area (Å²) in [6, 6.07) is 11.1. The van der Waals surface area contributed by atoms with Gasteiger partial charge < -0.3 is 19.5 Å². The SMILES string of the molecule is COc1ccc(OC)c([C@@H](C)NC(=O)[C@H](C)Oc2ccc(C)c(C)c2)c1. The lowest BCUT2D eigenvalue weighted by Gasteiger charge is -2.21. The summed E-state index contributed by atoms with van der Waals surface area (Å²) in [5, 5.41) is 2.97. The Kier molecular flexibility index (Phi) is 6.50. The number of nitrogens with one attached hydrogen (secondary N) is 1. The first-order chi connectivity index (χ1) is 12.3. The van der Waals surface area contributed by atoms with Crippen LogP contribution in [-0.2, 0) is 4.79 Å². The standard InChI is InChI=1S/C21H27NO4/c1-13-7-8-18(11-14(13)2)26-16(4)21(23)22-15(3)19-12-17(24-5)9-10-20(19)25-6/h7-12,15-16H,1-6H3,(H,22,23)/t15-,16+/m1/s1. The Hall–Kier alpha value is -2.69. The normalized spacial score (nSPS) is 12.8. The molecule has 0 saturated heterocycles. The Morgan fingerprint density at radius 1 is 0.923 bits per heavy atom. The molecule has 0 bridgehead atoms. The first-order valence-corrected chi connectivity index (χ1v) is 8.62. The van der Waals surface area contributed by atoms with Crippen molar-refractivity contribution in [2.24, 2.45) is 0 Å². The summed E-state index contributed by atoms with van der Waals surface area (Å²) >= 11 is 0. The number of amides is 1. The van der Waals surface area contributed by atoms with E-state index in [9.17, 15) is 4.79 Å². The highest BCUT2D eigenvalue weighted by Gasteiger charge is 2.20. The number of hydrogen-bond acceptors (Lipinski definition) is 4. The van der Waals surface area contributed by atoms with Crippen LogP contribution >= 0.6 is 0 Å². The zero-order valence-electron chi connectivity index (χ0n) is 16.3. The van der Waals surface area contributed by atoms with Crippen LogP contribution in [0.25, 0.3) is 0 Å². The van der Waals surface area contributed by atoms with Crippen LogP contribution in [-0.4, -0.2) is 26.2 Å². The van der Waals surface area contributed by atoms with Crippen molar-refractivity contribution < 1.29 is 19.0 Å². The molecule has 1 N–H and O–H groups in total. The zero-order chi connectivity index (χ0) is 19.3. The Bertz CT molecular complexity index is 773. The summed E-state index contributed by atoms with van der Waals surface area (Å²) in [5.74, 6) is 1.89. The van der Waals surface area contributed by atoms with E-state index >= 15 is 0 Å². The molecule has 2 aromatic rings. The summed E-state index contributed by atoms with van der Waals surface area (Å²) in [7, 11) is 3.21. The fraction of sp³-hybridized carbons (Fsp3) is 0.381. The van der Waals surface area contributed by atoms with Crippen molar-refractivity contribution in [1.82, 2.24) is 5.32 Å². The van der Waals surface area contributed by atoms with Crippen LogP contribution in [0.1, 0.15) is 36.6 Å². The van der Waals surface area contributed by atoms with Crippen LogP contribution in [0.3, 0.4) is 0 Å². The van der Waals surface area contributed by atoms with Crippen molar-refractivity contribution in [2.45, 2.75) is 39.8 Å². The Balaban J connectivity index is 2.07. The summed E-state index contributed by atoms with van der Waals surface area (Å²) in [6.45, 7) is 7.69. The first-order valence-electron chi connectivity index (χ1n) is 8.62. The summed E-state index contributed by atoms with van der Waals surface area (Å²) in [4.78, 5) is 12.5. The van der Waals surface area contributed by atoms with Gasteiger partial charge in [-0.05, 0) is 69.2 Å². The van der Waals surface area contributed by atoms with Gasteiger partial charge in [-0.2, -0.15) is 0 Å². The summed E-state index contributed by atoms with van der Waals surface area (Å²) in [5.41, 5.74) is 3.16. The maximum Gasteiger partial charge on any atom is 0.261 e. The summed E-state index contributed by atoms with van der Waals surface area (Å²) in [6.07, 6.45) is -0.615. The molecule has 2 atom stereocenters. The third kappa shape index (κ3) is 4.69. The van der Waals surface area contributed by atoms with Crippen molar-refractivity contribution in [3.8, 4) is 17.2 Å². The maximum absolute atomic E-state index is 12.5. The lowest BCUT2D eigenvalue weighted by Crippen LogP contribution is -2.37. The number of ether oxygens (including phenoxy) is 3. The highest BCUT2D eigenvalue weighted by Crippen LogP contribution is 2.29. The molecular formula is C21H27NO4. The third-order valence-corrected chi connectivity index (χ3v) is 4.42. The van der Waals surface area contributed by atoms with E-state index in [0.717, 1.165) is 11.1 Å². The number of methoxy groups -OCH3 is 2. The molecule has 0 spiro atoms. The topological polar surface area (TPSA) is 56.8 Å². The minimum absolute atomic E-state index is 0.194. The zero-order valence-corrected chi connectivity index (χ0v) is 16.3. The molecule has 2 aromatic carbocycles. The molecule has 5 heteroatoms. The van der Waals surface area contributed by atoms with E-state index in [1.807, 2.05) is 57.2 Å². The number of hydrogen-bond donors (Lipinski definition) is 1. The number of carbonyl (C=O) groups is 1. The van der Waals surface area contributed by atoms with E-state index < -0.39 is 6.10 Å². The lowest BCUT2D eigenvalue weighted by molar-refractivity contribution is -0.127. The minimum atomic E-state index is -0.615. The van der Waals surface area contributed by atoms with Gasteiger partial charge in [-0.15, -0.1) is 0 Å². The van der Waals surface area contributed by atoms with Gasteiger partial charge in [0.15, 0.2) is 6.10 Å². The number of aryl methyl sites for hydroxylation is 2. The molecule has 0 heterocycles. The van der Waals surface area contributed by atoms with Crippen LogP contribution in [0.2, 0.25) is 0 Å². The van der Waals surface area contributed by atoms with Crippen LogP contribution in [0.15, 0.2) is 36.4 Å². The molecule has 0 radical (unpaired) electrons. The van der Waals surface area contributed by atoms with Crippen molar-refractivity contribution in [2.75, 3.05) is 14.2 Å². The van der Waals surface area contributed by atoms with E-state index in [0.29, 0.717) is 17.2 Å². The van der Waals surface area contributed by atoms with E-state index in [1.54, 1.807) is 21.1 Å². The van der Waals surface area contributed by atoms with E-state index in [-0.39, 0.29) is 11.9 Å². The van der Waals surface area contributed by atoms with Crippen LogP contribution < -0.4 is 19.5 Å². The summed E-state index contributed by atoms with van der Waals surface area (Å²) < 4.78 is 16.4. The minimum Gasteiger partial charge on any atom is -0.497 e. The van der Waals surface area contributed by atoms with Crippen molar-refractivity contribution in [1.29, 1.82) is 0 Å². The van der Waals surface area contributed by atoms with Gasteiger partial charge in [-0.3, -0.25) is 4.79 Å².